The van der Waals surface area contributed by atoms with Crippen molar-refractivity contribution in [2.75, 3.05) is 25.1 Å². The van der Waals surface area contributed by atoms with Crippen LogP contribution in [0.15, 0.2) is 30.3 Å². The number of rotatable bonds is 4. The Kier molecular flexibility index (Phi) is 4.77. The van der Waals surface area contributed by atoms with E-state index in [4.69, 9.17) is 0 Å². The molecule has 1 aromatic heterocycles. The monoisotopic (exact) mass is 377 g/mol. The Hall–Kier alpha value is -2.75. The Morgan fingerprint density at radius 2 is 1.73 bits per heavy atom. The Morgan fingerprint density at radius 1 is 1.08 bits per heavy atom. The molecule has 0 unspecified atom stereocenters. The number of hydrogen-bond acceptors (Lipinski definition) is 6. The van der Waals surface area contributed by atoms with Gasteiger partial charge in [-0.15, -0.1) is 5.10 Å². The fourth-order valence-electron chi connectivity index (χ4n) is 2.76. The Morgan fingerprint density at radius 3 is 2.38 bits per heavy atom. The van der Waals surface area contributed by atoms with Gasteiger partial charge in [0.05, 0.1) is 11.4 Å². The predicted molar refractivity (Wildman–Crippen MR) is 93.2 cm³/mol. The first-order valence-electron chi connectivity index (χ1n) is 8.05. The number of amides is 2. The highest BCUT2D eigenvalue weighted by Gasteiger charge is 2.34. The van der Waals surface area contributed by atoms with Crippen molar-refractivity contribution in [1.82, 2.24) is 25.0 Å². The number of carbonyl (C=O) groups is 2. The zero-order valence-corrected chi connectivity index (χ0v) is 15.3. The average Bonchev–Trinajstić information content (AvgIpc) is 3.20. The predicted octanol–water partition coefficient (Wildman–Crippen LogP) is 0.210. The second-order valence-corrected chi connectivity index (χ2v) is 8.27. The summed E-state index contributed by atoms with van der Waals surface area (Å²) >= 11 is 0. The van der Waals surface area contributed by atoms with Crippen LogP contribution in [0.4, 0.5) is 0 Å². The van der Waals surface area contributed by atoms with Gasteiger partial charge in [0.15, 0.2) is 15.5 Å². The molecule has 0 N–H and O–H groups in total. The first kappa shape index (κ1) is 18.1. The summed E-state index contributed by atoms with van der Waals surface area (Å²) in [7, 11) is -3.48. The van der Waals surface area contributed by atoms with E-state index < -0.39 is 27.4 Å². The molecule has 0 radical (unpaired) electrons. The minimum Gasteiger partial charge on any atom is -0.272 e. The molecule has 3 rings (SSSR count). The molecule has 10 heteroatoms. The van der Waals surface area contributed by atoms with E-state index in [1.54, 1.807) is 6.92 Å². The lowest BCUT2D eigenvalue weighted by Gasteiger charge is -2.27. The number of hydrazine groups is 1. The number of aryl methyl sites for hydroxylation is 1. The van der Waals surface area contributed by atoms with E-state index in [1.807, 2.05) is 30.3 Å². The van der Waals surface area contributed by atoms with Crippen molar-refractivity contribution in [3.05, 3.63) is 41.7 Å². The molecule has 0 atom stereocenters. The maximum absolute atomic E-state index is 12.9. The summed E-state index contributed by atoms with van der Waals surface area (Å²) in [5.41, 5.74) is 1.27. The standard InChI is InChI=1S/C16H19N5O4S/c1-12-15(18-21(17-12)13-7-4-3-5-8-13)16(23)20-10-6-9-19(20)14(22)11-26(2,24)25/h3-5,7-8H,6,9-11H2,1-2H3. The Balaban J connectivity index is 1.85. The van der Waals surface area contributed by atoms with Crippen LogP contribution in [0.1, 0.15) is 22.6 Å². The zero-order valence-electron chi connectivity index (χ0n) is 14.5. The first-order valence-corrected chi connectivity index (χ1v) is 10.1. The number of carbonyl (C=O) groups excluding carboxylic acids is 2. The second-order valence-electron chi connectivity index (χ2n) is 6.13. The van der Waals surface area contributed by atoms with Gasteiger partial charge in [0, 0.05) is 19.3 Å². The van der Waals surface area contributed by atoms with Gasteiger partial charge in [0.2, 0.25) is 0 Å². The molecule has 2 aromatic rings. The Labute approximate surface area is 151 Å². The van der Waals surface area contributed by atoms with Crippen LogP contribution >= 0.6 is 0 Å². The third-order valence-corrected chi connectivity index (χ3v) is 4.68. The summed E-state index contributed by atoms with van der Waals surface area (Å²) in [6, 6.07) is 9.15. The topological polar surface area (TPSA) is 105 Å². The molecular weight excluding hydrogens is 358 g/mol. The van der Waals surface area contributed by atoms with Crippen molar-refractivity contribution in [1.29, 1.82) is 0 Å². The number of benzene rings is 1. The second kappa shape index (κ2) is 6.87. The van der Waals surface area contributed by atoms with E-state index in [1.165, 1.54) is 14.8 Å². The molecule has 1 aromatic carbocycles. The van der Waals surface area contributed by atoms with Crippen LogP contribution in [0.25, 0.3) is 5.69 Å². The summed E-state index contributed by atoms with van der Waals surface area (Å²) < 4.78 is 22.8. The summed E-state index contributed by atoms with van der Waals surface area (Å²) in [5.74, 6) is -1.72. The molecular formula is C16H19N5O4S. The highest BCUT2D eigenvalue weighted by molar-refractivity contribution is 7.91. The molecule has 1 aliphatic rings. The maximum Gasteiger partial charge on any atom is 0.294 e. The lowest BCUT2D eigenvalue weighted by atomic mass is 10.3. The van der Waals surface area contributed by atoms with Gasteiger partial charge in [-0.25, -0.2) is 13.4 Å². The summed E-state index contributed by atoms with van der Waals surface area (Å²) in [6.07, 6.45) is 1.57. The van der Waals surface area contributed by atoms with Crippen molar-refractivity contribution in [2.24, 2.45) is 0 Å². The molecule has 0 spiro atoms. The third kappa shape index (κ3) is 3.74. The molecule has 0 bridgehead atoms. The van der Waals surface area contributed by atoms with Gasteiger partial charge in [-0.3, -0.25) is 14.6 Å². The summed E-state index contributed by atoms with van der Waals surface area (Å²) in [6.45, 7) is 2.29. The first-order chi connectivity index (χ1) is 12.3. The van der Waals surface area contributed by atoms with Crippen LogP contribution in [0.3, 0.4) is 0 Å². The molecule has 1 aliphatic heterocycles. The van der Waals surface area contributed by atoms with Crippen LogP contribution in [-0.2, 0) is 14.6 Å². The van der Waals surface area contributed by atoms with Crippen LogP contribution in [0, 0.1) is 6.92 Å². The summed E-state index contributed by atoms with van der Waals surface area (Å²) in [4.78, 5) is 26.5. The summed E-state index contributed by atoms with van der Waals surface area (Å²) in [5, 5.41) is 10.9. The number of nitrogens with zero attached hydrogens (tertiary/aromatic N) is 5. The Bertz CT molecular complexity index is 939. The van der Waals surface area contributed by atoms with Crippen molar-refractivity contribution < 1.29 is 18.0 Å². The van der Waals surface area contributed by atoms with Gasteiger partial charge < -0.3 is 0 Å². The van der Waals surface area contributed by atoms with E-state index in [9.17, 15) is 18.0 Å². The zero-order chi connectivity index (χ0) is 18.9. The molecule has 9 nitrogen and oxygen atoms in total. The average molecular weight is 377 g/mol. The SMILES string of the molecule is Cc1nn(-c2ccccc2)nc1C(=O)N1CCCN1C(=O)CS(C)(=O)=O. The van der Waals surface area contributed by atoms with Gasteiger partial charge in [-0.05, 0) is 25.5 Å². The molecule has 2 amide bonds. The lowest BCUT2D eigenvalue weighted by Crippen LogP contribution is -2.47. The maximum atomic E-state index is 12.9. The van der Waals surface area contributed by atoms with Gasteiger partial charge >= 0.3 is 0 Å². The van der Waals surface area contributed by atoms with Crippen molar-refractivity contribution in [3.8, 4) is 5.69 Å². The smallest absolute Gasteiger partial charge is 0.272 e. The lowest BCUT2D eigenvalue weighted by molar-refractivity contribution is -0.137. The van der Waals surface area contributed by atoms with Gasteiger partial charge in [0.1, 0.15) is 5.75 Å². The quantitative estimate of drug-likeness (QED) is 0.754. The van der Waals surface area contributed by atoms with Gasteiger partial charge in [-0.1, -0.05) is 18.2 Å². The number of hydrogen-bond donors (Lipinski definition) is 0. The van der Waals surface area contributed by atoms with E-state index in [-0.39, 0.29) is 5.69 Å². The fourth-order valence-corrected chi connectivity index (χ4v) is 3.35. The number of aromatic nitrogens is 3. The minimum absolute atomic E-state index is 0.132. The van der Waals surface area contributed by atoms with Crippen LogP contribution < -0.4 is 0 Å². The van der Waals surface area contributed by atoms with Crippen molar-refractivity contribution >= 4 is 21.7 Å². The molecule has 26 heavy (non-hydrogen) atoms. The van der Waals surface area contributed by atoms with E-state index in [0.29, 0.717) is 30.9 Å². The molecule has 1 saturated heterocycles. The molecule has 0 saturated carbocycles. The molecule has 1 fully saturated rings. The van der Waals surface area contributed by atoms with Crippen molar-refractivity contribution in [2.45, 2.75) is 13.3 Å². The van der Waals surface area contributed by atoms with E-state index >= 15 is 0 Å². The largest absolute Gasteiger partial charge is 0.294 e. The fraction of sp³-hybridized carbons (Fsp3) is 0.375. The van der Waals surface area contributed by atoms with Crippen LogP contribution in [-0.4, -0.2) is 70.3 Å². The van der Waals surface area contributed by atoms with Crippen LogP contribution in [0.5, 0.6) is 0 Å². The van der Waals surface area contributed by atoms with E-state index in [0.717, 1.165) is 6.26 Å². The minimum atomic E-state index is -3.48. The normalized spacial score (nSPS) is 14.7. The molecule has 138 valence electrons. The number of sulfone groups is 1. The third-order valence-electron chi connectivity index (χ3n) is 3.91. The van der Waals surface area contributed by atoms with Gasteiger partial charge in [0.25, 0.3) is 11.8 Å². The van der Waals surface area contributed by atoms with Crippen LogP contribution in [0.2, 0.25) is 0 Å². The highest BCUT2D eigenvalue weighted by Crippen LogP contribution is 2.17. The van der Waals surface area contributed by atoms with Crippen molar-refractivity contribution in [3.63, 3.8) is 0 Å². The molecule has 0 aliphatic carbocycles. The molecule has 2 heterocycles. The van der Waals surface area contributed by atoms with E-state index in [2.05, 4.69) is 10.2 Å². The number of para-hydroxylation sites is 1. The highest BCUT2D eigenvalue weighted by atomic mass is 32.2. The van der Waals surface area contributed by atoms with Gasteiger partial charge in [-0.2, -0.15) is 9.90 Å².